The number of fused-ring (bicyclic) bond motifs is 3. The maximum absolute atomic E-state index is 13.5. The zero-order valence-corrected chi connectivity index (χ0v) is 21.3. The number of H-pyrrole nitrogens is 1. The summed E-state index contributed by atoms with van der Waals surface area (Å²) in [5.41, 5.74) is 3.19. The Labute approximate surface area is 219 Å². The minimum absolute atomic E-state index is 0.0872. The molecule has 0 saturated carbocycles. The molecule has 1 amide bonds. The van der Waals surface area contributed by atoms with Gasteiger partial charge in [0.15, 0.2) is 0 Å². The molecule has 37 heavy (non-hydrogen) atoms. The Kier molecular flexibility index (Phi) is 7.18. The number of hydrogen-bond donors (Lipinski definition) is 1. The zero-order chi connectivity index (χ0) is 25.8. The van der Waals surface area contributed by atoms with Crippen molar-refractivity contribution in [2.75, 3.05) is 10.7 Å². The van der Waals surface area contributed by atoms with Crippen LogP contribution in [0.4, 0.5) is 5.69 Å². The van der Waals surface area contributed by atoms with Crippen molar-refractivity contribution in [2.45, 2.75) is 31.3 Å². The molecule has 1 N–H and O–H groups in total. The number of benzene rings is 3. The summed E-state index contributed by atoms with van der Waals surface area (Å²) in [6.45, 7) is 5.96. The summed E-state index contributed by atoms with van der Waals surface area (Å²) in [5.74, 6) is 1.11. The van der Waals surface area contributed by atoms with Gasteiger partial charge in [-0.1, -0.05) is 79.4 Å². The normalized spacial score (nSPS) is 14.0. The molecule has 0 saturated heterocycles. The van der Waals surface area contributed by atoms with E-state index < -0.39 is 6.17 Å². The quantitative estimate of drug-likeness (QED) is 0.207. The first kappa shape index (κ1) is 24.5. The van der Waals surface area contributed by atoms with E-state index in [9.17, 15) is 9.59 Å². The first-order chi connectivity index (χ1) is 18.1. The third kappa shape index (κ3) is 4.80. The molecule has 7 nitrogen and oxygen atoms in total. The number of para-hydroxylation sites is 2. The molecule has 3 aromatic carbocycles. The molecule has 1 aliphatic heterocycles. The molecule has 186 valence electrons. The van der Waals surface area contributed by atoms with Gasteiger partial charge in [0.1, 0.15) is 12.4 Å². The van der Waals surface area contributed by atoms with E-state index in [0.29, 0.717) is 40.2 Å². The lowest BCUT2D eigenvalue weighted by Crippen LogP contribution is -2.61. The second-order valence-electron chi connectivity index (χ2n) is 8.47. The van der Waals surface area contributed by atoms with Gasteiger partial charge >= 0.3 is 11.3 Å². The number of ether oxygens (including phenoxy) is 1. The third-order valence-corrected chi connectivity index (χ3v) is 6.96. The van der Waals surface area contributed by atoms with Gasteiger partial charge in [-0.3, -0.25) is 14.6 Å². The van der Waals surface area contributed by atoms with Gasteiger partial charge in [0, 0.05) is 17.3 Å². The Morgan fingerprint density at radius 3 is 2.62 bits per heavy atom. The van der Waals surface area contributed by atoms with Gasteiger partial charge in [-0.2, -0.15) is 0 Å². The minimum atomic E-state index is -0.713. The molecule has 0 fully saturated rings. The molecule has 0 aliphatic carbocycles. The topological polar surface area (TPSA) is 79.2 Å². The summed E-state index contributed by atoms with van der Waals surface area (Å²) in [7, 11) is 0. The molecule has 2 heterocycles. The van der Waals surface area contributed by atoms with Crippen LogP contribution in [0.5, 0.6) is 5.75 Å². The lowest BCUT2D eigenvalue weighted by molar-refractivity contribution is -0.763. The van der Waals surface area contributed by atoms with Gasteiger partial charge in [-0.15, -0.1) is 6.58 Å². The van der Waals surface area contributed by atoms with E-state index in [1.807, 2.05) is 85.8 Å². The average Bonchev–Trinajstić information content (AvgIpc) is 2.94. The summed E-state index contributed by atoms with van der Waals surface area (Å²) in [5, 5.41) is 5.27. The standard InChI is InChI=1S/C29H26N4O3S/c1-3-18-37-29-30-27(35)26-21-14-8-10-16-23(21)32(25(34)4-2)28(33(26)31-29)22-15-9-11-17-24(22)36-19-20-12-6-5-7-13-20/h3,5-17,28H,1,4,18-19H2,2H3/p+1/t28-/m1/s1. The van der Waals surface area contributed by atoms with Crippen LogP contribution in [0, 0.1) is 0 Å². The summed E-state index contributed by atoms with van der Waals surface area (Å²) >= 11 is 1.37. The number of hydrogen-bond acceptors (Lipinski definition) is 5. The number of carbonyl (C=O) groups excluding carboxylic acids is 1. The van der Waals surface area contributed by atoms with Crippen LogP contribution in [-0.4, -0.2) is 21.7 Å². The van der Waals surface area contributed by atoms with E-state index >= 15 is 0 Å². The number of aromatic nitrogens is 3. The maximum atomic E-state index is 13.5. The van der Waals surface area contributed by atoms with Crippen LogP contribution in [0.15, 0.2) is 101 Å². The van der Waals surface area contributed by atoms with Gasteiger partial charge in [-0.25, -0.2) is 4.90 Å². The number of carbonyl (C=O) groups is 1. The highest BCUT2D eigenvalue weighted by Gasteiger charge is 2.46. The van der Waals surface area contributed by atoms with Crippen LogP contribution in [0.1, 0.15) is 30.6 Å². The Bertz CT molecular complexity index is 1500. The van der Waals surface area contributed by atoms with Crippen molar-refractivity contribution in [1.29, 1.82) is 0 Å². The largest absolute Gasteiger partial charge is 0.488 e. The molecule has 0 radical (unpaired) electrons. The van der Waals surface area contributed by atoms with Gasteiger partial charge in [0.2, 0.25) is 11.1 Å². The van der Waals surface area contributed by atoms with Crippen LogP contribution in [0.25, 0.3) is 11.3 Å². The average molecular weight is 512 g/mol. The predicted molar refractivity (Wildman–Crippen MR) is 145 cm³/mol. The predicted octanol–water partition coefficient (Wildman–Crippen LogP) is 4.89. The van der Waals surface area contributed by atoms with E-state index in [1.165, 1.54) is 11.8 Å². The number of nitrogens with zero attached hydrogens (tertiary/aromatic N) is 3. The van der Waals surface area contributed by atoms with Gasteiger partial charge in [0.05, 0.1) is 16.8 Å². The summed E-state index contributed by atoms with van der Waals surface area (Å²) in [6.07, 6.45) is 1.32. The highest BCUT2D eigenvalue weighted by molar-refractivity contribution is 7.99. The van der Waals surface area contributed by atoms with Crippen LogP contribution >= 0.6 is 11.8 Å². The van der Waals surface area contributed by atoms with Crippen molar-refractivity contribution in [3.63, 3.8) is 0 Å². The zero-order valence-electron chi connectivity index (χ0n) is 20.5. The maximum Gasteiger partial charge on any atom is 0.325 e. The number of nitrogens with one attached hydrogen (secondary N) is 1. The number of aromatic amines is 1. The van der Waals surface area contributed by atoms with Crippen molar-refractivity contribution in [3.05, 3.63) is 113 Å². The van der Waals surface area contributed by atoms with Crippen molar-refractivity contribution in [3.8, 4) is 17.0 Å². The van der Waals surface area contributed by atoms with E-state index in [-0.39, 0.29) is 17.9 Å². The van der Waals surface area contributed by atoms with Gasteiger partial charge in [0.25, 0.3) is 6.17 Å². The highest BCUT2D eigenvalue weighted by atomic mass is 32.2. The summed E-state index contributed by atoms with van der Waals surface area (Å²) in [6, 6.07) is 24.9. The second-order valence-corrected chi connectivity index (χ2v) is 9.48. The first-order valence-electron chi connectivity index (χ1n) is 12.1. The molecular weight excluding hydrogens is 484 g/mol. The van der Waals surface area contributed by atoms with Crippen molar-refractivity contribution in [1.82, 2.24) is 10.1 Å². The molecule has 1 aromatic heterocycles. The van der Waals surface area contributed by atoms with E-state index in [0.717, 1.165) is 11.1 Å². The number of thioether (sulfide) groups is 1. The Hall–Kier alpha value is -4.17. The van der Waals surface area contributed by atoms with Crippen molar-refractivity contribution in [2.24, 2.45) is 0 Å². The van der Waals surface area contributed by atoms with Crippen LogP contribution in [0.2, 0.25) is 0 Å². The molecule has 0 bridgehead atoms. The Balaban J connectivity index is 1.71. The molecule has 0 unspecified atom stereocenters. The fourth-order valence-electron chi connectivity index (χ4n) is 4.46. The lowest BCUT2D eigenvalue weighted by Gasteiger charge is -2.32. The molecule has 4 aromatic rings. The van der Waals surface area contributed by atoms with E-state index in [1.54, 1.807) is 15.7 Å². The molecule has 0 spiro atoms. The molecule has 1 atom stereocenters. The van der Waals surface area contributed by atoms with Crippen molar-refractivity contribution >= 4 is 23.4 Å². The Morgan fingerprint density at radius 2 is 1.84 bits per heavy atom. The van der Waals surface area contributed by atoms with Crippen LogP contribution < -0.4 is 19.9 Å². The van der Waals surface area contributed by atoms with E-state index in [2.05, 4.69) is 11.6 Å². The Morgan fingerprint density at radius 1 is 1.11 bits per heavy atom. The highest BCUT2D eigenvalue weighted by Crippen LogP contribution is 2.40. The summed E-state index contributed by atoms with van der Waals surface area (Å²) < 4.78 is 7.94. The monoisotopic (exact) mass is 511 g/mol. The van der Waals surface area contributed by atoms with Gasteiger partial charge in [-0.05, 0) is 34.5 Å². The smallest absolute Gasteiger partial charge is 0.325 e. The number of anilines is 1. The molecule has 1 aliphatic rings. The minimum Gasteiger partial charge on any atom is -0.488 e. The SMILES string of the molecule is C=CCSc1n[n+]2c(c(=O)[nH]1)-c1ccccc1N(C(=O)CC)[C@H]2c1ccccc1OCc1ccccc1. The van der Waals surface area contributed by atoms with E-state index in [4.69, 9.17) is 9.84 Å². The fraction of sp³-hybridized carbons (Fsp3) is 0.172. The van der Waals surface area contributed by atoms with Crippen LogP contribution in [-0.2, 0) is 11.4 Å². The second kappa shape index (κ2) is 10.8. The molecule has 8 heteroatoms. The number of rotatable bonds is 8. The van der Waals surface area contributed by atoms with Crippen LogP contribution in [0.3, 0.4) is 0 Å². The third-order valence-electron chi connectivity index (χ3n) is 6.10. The first-order valence-corrected chi connectivity index (χ1v) is 13.1. The molecular formula is C29H27N4O3S+. The molecule has 5 rings (SSSR count). The van der Waals surface area contributed by atoms with Crippen molar-refractivity contribution < 1.29 is 14.2 Å². The lowest BCUT2D eigenvalue weighted by atomic mass is 10.0. The van der Waals surface area contributed by atoms with Gasteiger partial charge < -0.3 is 4.74 Å². The number of amides is 1. The summed E-state index contributed by atoms with van der Waals surface area (Å²) in [4.78, 5) is 31.6. The fourth-order valence-corrected chi connectivity index (χ4v) is 5.04.